The topological polar surface area (TPSA) is 0 Å². The van der Waals surface area contributed by atoms with Gasteiger partial charge >= 0.3 is 309 Å². The fraction of sp³-hybridized carbons (Fsp3) is 0.245. The molecule has 2 aliphatic rings. The van der Waals surface area contributed by atoms with Gasteiger partial charge in [-0.15, -0.1) is 0 Å². The van der Waals surface area contributed by atoms with Gasteiger partial charge in [-0.25, -0.2) is 0 Å². The van der Waals surface area contributed by atoms with Gasteiger partial charge in [0.2, 0.25) is 0 Å². The van der Waals surface area contributed by atoms with E-state index in [1.165, 1.54) is 66.1 Å². The van der Waals surface area contributed by atoms with Crippen molar-refractivity contribution in [3.8, 4) is 11.1 Å². The van der Waals surface area contributed by atoms with Crippen LogP contribution in [0.5, 0.6) is 0 Å². The first-order valence-electron chi connectivity index (χ1n) is 18.3. The molecular formula is C49H48Cl2Zr. The molecule has 0 heterocycles. The van der Waals surface area contributed by atoms with Crippen LogP contribution in [-0.2, 0) is 32.1 Å². The summed E-state index contributed by atoms with van der Waals surface area (Å²) < 4.78 is 3.67. The third kappa shape index (κ3) is 6.57. The number of rotatable bonds is 4. The molecule has 0 nitrogen and oxygen atoms in total. The van der Waals surface area contributed by atoms with E-state index in [1.807, 2.05) is 0 Å². The van der Waals surface area contributed by atoms with Crippen molar-refractivity contribution in [3.63, 3.8) is 0 Å². The van der Waals surface area contributed by atoms with Crippen molar-refractivity contribution in [1.29, 1.82) is 0 Å². The van der Waals surface area contributed by atoms with Gasteiger partial charge in [0.15, 0.2) is 0 Å². The molecule has 0 spiro atoms. The average molecular weight is 799 g/mol. The zero-order valence-corrected chi connectivity index (χ0v) is 35.6. The Morgan fingerprint density at radius 2 is 1.02 bits per heavy atom. The molecule has 0 amide bonds. The van der Waals surface area contributed by atoms with Gasteiger partial charge in [0.25, 0.3) is 0 Å². The van der Waals surface area contributed by atoms with E-state index >= 15 is 0 Å². The fourth-order valence-electron chi connectivity index (χ4n) is 8.96. The van der Waals surface area contributed by atoms with Gasteiger partial charge in [-0.2, -0.15) is 0 Å². The summed E-state index contributed by atoms with van der Waals surface area (Å²) >= 11 is -2.94. The number of fused-ring (bicyclic) bond motifs is 5. The molecule has 6 aromatic carbocycles. The van der Waals surface area contributed by atoms with Crippen LogP contribution in [0, 0.1) is 13.8 Å². The minimum atomic E-state index is -2.94. The molecule has 0 bridgehead atoms. The Hall–Kier alpha value is -3.35. The Labute approximate surface area is 331 Å². The smallest absolute Gasteiger partial charge is 1.00 e. The molecule has 0 unspecified atom stereocenters. The van der Waals surface area contributed by atoms with Crippen molar-refractivity contribution in [3.05, 3.63) is 175 Å². The first kappa shape index (κ1) is 38.4. The number of hydrogen-bond donors (Lipinski definition) is 0. The SMILES string of the molecule is Cc1cc2c(cc1C(C)(C)C)-c1cc(C(C)(C)C)c(C)cc1[CH]2[Zr+2]([C]1=CC=CC1)=[C](c1cccc2ccccc12)c1cccc2ccccc12.[Cl-].[Cl-]. The van der Waals surface area contributed by atoms with Crippen LogP contribution >= 0.6 is 0 Å². The normalized spacial score (nSPS) is 13.6. The standard InChI is InChI=1S/C23H29.C21H14.C5H5.2ClH.Zr/c1-14-9-16-11-17-10-15(2)21(23(6,7)8)13-19(17)18(16)12-20(14)22(3,4)5;1-3-13-20-16(7-1)9-5-11-18(20)15-19-12-6-10-17-8-2-4-14-21(17)19;1-2-4-5-3-1;;;/h9-13H,1-8H3;1-14H;1-3H,4H2;2*1H;/q;;;;;+2/p-2. The van der Waals surface area contributed by atoms with Crippen LogP contribution in [0.1, 0.15) is 96.1 Å². The van der Waals surface area contributed by atoms with Crippen molar-refractivity contribution >= 4 is 24.8 Å². The molecule has 0 aromatic heterocycles. The van der Waals surface area contributed by atoms with Crippen molar-refractivity contribution < 1.29 is 46.1 Å². The van der Waals surface area contributed by atoms with Crippen molar-refractivity contribution in [2.45, 2.75) is 76.3 Å². The van der Waals surface area contributed by atoms with Gasteiger partial charge in [0.05, 0.1) is 0 Å². The summed E-state index contributed by atoms with van der Waals surface area (Å²) in [4.78, 5) is 0. The van der Waals surface area contributed by atoms with E-state index in [-0.39, 0.29) is 35.6 Å². The van der Waals surface area contributed by atoms with E-state index < -0.39 is 21.3 Å². The van der Waals surface area contributed by atoms with Crippen LogP contribution in [0.4, 0.5) is 0 Å². The molecule has 2 aliphatic carbocycles. The number of allylic oxidation sites excluding steroid dienone is 4. The number of hydrogen-bond acceptors (Lipinski definition) is 0. The van der Waals surface area contributed by atoms with E-state index in [9.17, 15) is 0 Å². The molecule has 0 saturated carbocycles. The third-order valence-corrected chi connectivity index (χ3v) is 19.3. The van der Waals surface area contributed by atoms with Crippen LogP contribution in [0.2, 0.25) is 0 Å². The van der Waals surface area contributed by atoms with Crippen LogP contribution < -0.4 is 24.8 Å². The minimum absolute atomic E-state index is 0. The van der Waals surface area contributed by atoms with Gasteiger partial charge in [-0.05, 0) is 0 Å². The monoisotopic (exact) mass is 796 g/mol. The van der Waals surface area contributed by atoms with E-state index in [0.717, 1.165) is 6.42 Å². The molecule has 0 atom stereocenters. The van der Waals surface area contributed by atoms with Crippen LogP contribution in [0.15, 0.2) is 131 Å². The summed E-state index contributed by atoms with van der Waals surface area (Å²) in [6.07, 6.45) is 8.29. The van der Waals surface area contributed by atoms with Crippen LogP contribution in [-0.4, -0.2) is 3.21 Å². The molecule has 0 N–H and O–H groups in total. The molecule has 0 aliphatic heterocycles. The molecule has 6 aromatic rings. The van der Waals surface area contributed by atoms with Crippen LogP contribution in [0.3, 0.4) is 0 Å². The Kier molecular flexibility index (Phi) is 10.7. The Balaban J connectivity index is 0.00000232. The molecule has 8 rings (SSSR count). The Bertz CT molecular complexity index is 2280. The molecule has 3 heteroatoms. The van der Waals surface area contributed by atoms with E-state index in [0.29, 0.717) is 3.63 Å². The molecule has 0 fully saturated rings. The first-order valence-corrected chi connectivity index (χ1v) is 22.2. The van der Waals surface area contributed by atoms with Crippen molar-refractivity contribution in [1.82, 2.24) is 0 Å². The van der Waals surface area contributed by atoms with Gasteiger partial charge in [0, 0.05) is 0 Å². The summed E-state index contributed by atoms with van der Waals surface area (Å²) in [7, 11) is 0. The van der Waals surface area contributed by atoms with Crippen molar-refractivity contribution in [2.24, 2.45) is 0 Å². The number of aryl methyl sites for hydroxylation is 2. The average Bonchev–Trinajstić information content (AvgIpc) is 3.71. The van der Waals surface area contributed by atoms with Crippen LogP contribution in [0.25, 0.3) is 32.7 Å². The second kappa shape index (κ2) is 14.5. The summed E-state index contributed by atoms with van der Waals surface area (Å²) in [6.45, 7) is 18.9. The quantitative estimate of drug-likeness (QED) is 0.180. The summed E-state index contributed by atoms with van der Waals surface area (Å²) in [5, 5.41) is 5.35. The largest absolute Gasteiger partial charge is 1.00 e. The zero-order chi connectivity index (χ0) is 34.9. The molecule has 0 radical (unpaired) electrons. The first-order chi connectivity index (χ1) is 23.9. The second-order valence-electron chi connectivity index (χ2n) is 16.6. The molecule has 262 valence electrons. The fourth-order valence-corrected chi connectivity index (χ4v) is 18.1. The predicted molar refractivity (Wildman–Crippen MR) is 214 cm³/mol. The second-order valence-corrected chi connectivity index (χ2v) is 22.9. The summed E-state index contributed by atoms with van der Waals surface area (Å²) in [6, 6.07) is 42.5. The Morgan fingerprint density at radius 3 is 1.44 bits per heavy atom. The van der Waals surface area contributed by atoms with Gasteiger partial charge in [-0.1, -0.05) is 0 Å². The van der Waals surface area contributed by atoms with Gasteiger partial charge in [-0.3, -0.25) is 0 Å². The van der Waals surface area contributed by atoms with E-state index in [4.69, 9.17) is 0 Å². The van der Waals surface area contributed by atoms with Crippen molar-refractivity contribution in [2.75, 3.05) is 0 Å². The van der Waals surface area contributed by atoms with Gasteiger partial charge < -0.3 is 24.8 Å². The van der Waals surface area contributed by atoms with E-state index in [1.54, 1.807) is 17.6 Å². The maximum absolute atomic E-state index is 2.94. The van der Waals surface area contributed by atoms with E-state index in [2.05, 4.69) is 183 Å². The Morgan fingerprint density at radius 1 is 0.577 bits per heavy atom. The number of halogens is 2. The maximum atomic E-state index is 2.61. The molecular weight excluding hydrogens is 751 g/mol. The summed E-state index contributed by atoms with van der Waals surface area (Å²) in [5.41, 5.74) is 14.8. The molecule has 0 saturated heterocycles. The molecule has 52 heavy (non-hydrogen) atoms. The summed E-state index contributed by atoms with van der Waals surface area (Å²) in [5.74, 6) is 0. The number of benzene rings is 6. The zero-order valence-electron chi connectivity index (χ0n) is 31.7. The third-order valence-electron chi connectivity index (χ3n) is 11.1. The predicted octanol–water partition coefficient (Wildman–Crippen LogP) is 7.01. The minimum Gasteiger partial charge on any atom is -1.00 e. The van der Waals surface area contributed by atoms with Gasteiger partial charge in [0.1, 0.15) is 0 Å². The maximum Gasteiger partial charge on any atom is -1.00 e.